The van der Waals surface area contributed by atoms with Crippen LogP contribution in [0.25, 0.3) is 17.1 Å². The molecule has 48 heavy (non-hydrogen) atoms. The number of Topliss-reactive ketones (excluding diaryl/α,β-unsaturated/α-hetero) is 1. The molecule has 10 heteroatoms. The maximum atomic E-state index is 14.7. The zero-order chi connectivity index (χ0) is 33.9. The topological polar surface area (TPSA) is 41.6 Å². The molecule has 0 atom stereocenters. The molecule has 1 aromatic heterocycles. The van der Waals surface area contributed by atoms with Crippen LogP contribution in [-0.4, -0.2) is 24.0 Å². The fourth-order valence-electron chi connectivity index (χ4n) is 5.96. The Morgan fingerprint density at radius 2 is 1.56 bits per heavy atom. The average Bonchev–Trinajstić information content (AvgIpc) is 3.50. The van der Waals surface area contributed by atoms with Crippen LogP contribution in [0.4, 0.5) is 15.8 Å². The van der Waals surface area contributed by atoms with Crippen LogP contribution < -0.4 is 19.1 Å². The van der Waals surface area contributed by atoms with Crippen molar-refractivity contribution in [3.05, 3.63) is 147 Å². The van der Waals surface area contributed by atoms with Crippen LogP contribution in [0.5, 0.6) is 5.75 Å². The number of hydrogen-bond acceptors (Lipinski definition) is 4. The molecule has 244 valence electrons. The maximum absolute atomic E-state index is 14.7. The van der Waals surface area contributed by atoms with E-state index in [4.69, 9.17) is 39.5 Å². The fraction of sp³-hybridized carbons (Fsp3) is 0.158. The van der Waals surface area contributed by atoms with Crippen molar-refractivity contribution in [1.29, 1.82) is 0 Å². The van der Waals surface area contributed by atoms with E-state index in [2.05, 4.69) is 34.9 Å². The normalized spacial score (nSPS) is 13.9. The van der Waals surface area contributed by atoms with E-state index in [1.807, 2.05) is 66.3 Å². The minimum absolute atomic E-state index is 0.00145. The second kappa shape index (κ2) is 14.3. The zero-order valence-corrected chi connectivity index (χ0v) is 28.9. The van der Waals surface area contributed by atoms with Crippen molar-refractivity contribution >= 4 is 69.1 Å². The van der Waals surface area contributed by atoms with Crippen molar-refractivity contribution in [1.82, 2.24) is 4.57 Å². The summed E-state index contributed by atoms with van der Waals surface area (Å²) in [4.78, 5) is 17.8. The summed E-state index contributed by atoms with van der Waals surface area (Å²) in [6.45, 7) is 3.47. The van der Waals surface area contributed by atoms with Gasteiger partial charge in [-0.25, -0.2) is 13.5 Å². The molecule has 5 aromatic rings. The molecule has 0 unspecified atom stereocenters. The molecular formula is C38H33Cl3FN4O2+. The van der Waals surface area contributed by atoms with Gasteiger partial charge in [0.2, 0.25) is 5.78 Å². The van der Waals surface area contributed by atoms with Crippen LogP contribution >= 0.6 is 34.8 Å². The minimum Gasteiger partial charge on any atom is -0.497 e. The number of imidazole rings is 1. The third-order valence-electron chi connectivity index (χ3n) is 8.37. The zero-order valence-electron chi connectivity index (χ0n) is 26.6. The van der Waals surface area contributed by atoms with E-state index >= 15 is 0 Å². The lowest BCUT2D eigenvalue weighted by molar-refractivity contribution is -0.647. The molecule has 0 aliphatic carbocycles. The first-order chi connectivity index (χ1) is 23.2. The number of rotatable bonds is 10. The van der Waals surface area contributed by atoms with E-state index < -0.39 is 5.82 Å². The first kappa shape index (κ1) is 33.3. The van der Waals surface area contributed by atoms with Gasteiger partial charge in [0, 0.05) is 36.9 Å². The fourth-order valence-corrected chi connectivity index (χ4v) is 6.43. The van der Waals surface area contributed by atoms with Crippen LogP contribution in [0, 0.1) is 5.82 Å². The summed E-state index contributed by atoms with van der Waals surface area (Å²) in [5.74, 6) is 1.66. The molecule has 0 saturated heterocycles. The lowest BCUT2D eigenvalue weighted by Crippen LogP contribution is -2.31. The smallest absolute Gasteiger partial charge is 0.282 e. The van der Waals surface area contributed by atoms with Gasteiger partial charge in [0.05, 0.1) is 40.6 Å². The van der Waals surface area contributed by atoms with Gasteiger partial charge < -0.3 is 14.5 Å². The van der Waals surface area contributed by atoms with Gasteiger partial charge >= 0.3 is 0 Å². The molecule has 0 N–H and O–H groups in total. The van der Waals surface area contributed by atoms with Gasteiger partial charge in [-0.2, -0.15) is 0 Å². The summed E-state index contributed by atoms with van der Waals surface area (Å²) in [5.41, 5.74) is 4.91. The maximum Gasteiger partial charge on any atom is 0.282 e. The molecule has 0 bridgehead atoms. The van der Waals surface area contributed by atoms with Crippen LogP contribution in [0.3, 0.4) is 0 Å². The van der Waals surface area contributed by atoms with Crippen molar-refractivity contribution in [2.45, 2.75) is 20.0 Å². The van der Waals surface area contributed by atoms with E-state index in [1.165, 1.54) is 6.07 Å². The second-order valence-corrected chi connectivity index (χ2v) is 12.5. The highest BCUT2D eigenvalue weighted by atomic mass is 35.5. The quantitative estimate of drug-likeness (QED) is 0.0827. The van der Waals surface area contributed by atoms with Crippen LogP contribution in [-0.2, 0) is 20.1 Å². The number of allylic oxidation sites excluding steroid dienone is 4. The van der Waals surface area contributed by atoms with E-state index in [9.17, 15) is 9.18 Å². The second-order valence-electron chi connectivity index (χ2n) is 11.2. The summed E-state index contributed by atoms with van der Waals surface area (Å²) in [5, 5.41) is 1.02. The lowest BCUT2D eigenvalue weighted by Gasteiger charge is -2.24. The number of ether oxygens (including phenoxy) is 1. The summed E-state index contributed by atoms with van der Waals surface area (Å²) in [6.07, 6.45) is 9.73. The Hall–Kier alpha value is -4.56. The number of aryl methyl sites for hydroxylation is 1. The largest absolute Gasteiger partial charge is 0.497 e. The van der Waals surface area contributed by atoms with Gasteiger partial charge in [0.25, 0.3) is 5.82 Å². The monoisotopic (exact) mass is 701 g/mol. The highest BCUT2D eigenvalue weighted by molar-refractivity contribution is 6.42. The van der Waals surface area contributed by atoms with Gasteiger partial charge in [-0.1, -0.05) is 83.4 Å². The Morgan fingerprint density at radius 3 is 2.23 bits per heavy atom. The van der Waals surface area contributed by atoms with Crippen LogP contribution in [0.1, 0.15) is 28.7 Å². The molecule has 1 aliphatic heterocycles. The highest BCUT2D eigenvalue weighted by Gasteiger charge is 2.31. The average molecular weight is 703 g/mol. The summed E-state index contributed by atoms with van der Waals surface area (Å²) in [6, 6.07) is 23.9. The number of carbonyl (C=O) groups excluding carboxylic acids is 1. The number of benzene rings is 4. The molecule has 0 fully saturated rings. The van der Waals surface area contributed by atoms with Crippen molar-refractivity contribution in [2.24, 2.45) is 7.05 Å². The number of halogens is 4. The van der Waals surface area contributed by atoms with Crippen molar-refractivity contribution in [3.8, 4) is 5.75 Å². The number of hydrogen-bond donors (Lipinski definition) is 0. The Morgan fingerprint density at radius 1 is 0.875 bits per heavy atom. The lowest BCUT2D eigenvalue weighted by atomic mass is 10.1. The van der Waals surface area contributed by atoms with Crippen molar-refractivity contribution in [3.63, 3.8) is 0 Å². The standard InChI is InChI=1S/C38H33Cl3FN4O2/c1-4-44-33-19-28(39)29(40)20-34(33)45(23-25-11-7-5-8-12-25)38(44)14-10-6-9-13-37-43(2)32-21-30(41)31(42)22-35(32)46(37)24-36(47)26-15-17-27(48-3)18-16-26/h5-22H,4,23-24H2,1-3H3/q+1. The number of fused-ring (bicyclic) bond motifs is 2. The third-order valence-corrected chi connectivity index (χ3v) is 9.38. The highest BCUT2D eigenvalue weighted by Crippen LogP contribution is 2.46. The van der Waals surface area contributed by atoms with Crippen molar-refractivity contribution < 1.29 is 18.5 Å². The Kier molecular flexibility index (Phi) is 9.92. The molecule has 4 aromatic carbocycles. The number of carbonyl (C=O) groups is 1. The first-order valence-electron chi connectivity index (χ1n) is 15.4. The minimum atomic E-state index is -0.553. The Balaban J connectivity index is 1.33. The summed E-state index contributed by atoms with van der Waals surface area (Å²) in [7, 11) is 3.44. The van der Waals surface area contributed by atoms with E-state index in [1.54, 1.807) is 42.0 Å². The van der Waals surface area contributed by atoms with E-state index in [-0.39, 0.29) is 17.4 Å². The number of nitrogens with zero attached hydrogens (tertiary/aromatic N) is 4. The SMILES string of the molecule is CCN1/C(=C/C=C/C=C/c2n(CC(=O)c3ccc(OC)cc3)c3cc(F)c(Cl)cc3[n+]2C)N(Cc2ccccc2)c2cc(Cl)c(Cl)cc21. The van der Waals surface area contributed by atoms with Crippen LogP contribution in [0.2, 0.25) is 15.1 Å². The van der Waals surface area contributed by atoms with Gasteiger partial charge in [-0.15, -0.1) is 0 Å². The molecule has 2 heterocycles. The van der Waals surface area contributed by atoms with Gasteiger partial charge in [-0.3, -0.25) is 4.79 Å². The predicted molar refractivity (Wildman–Crippen MR) is 194 cm³/mol. The molecule has 6 nitrogen and oxygen atoms in total. The van der Waals surface area contributed by atoms with Gasteiger partial charge in [-0.05, 0) is 55.0 Å². The number of ketones is 1. The number of methoxy groups -OCH3 is 1. The number of aromatic nitrogens is 2. The number of anilines is 2. The molecule has 0 saturated carbocycles. The van der Waals surface area contributed by atoms with E-state index in [0.29, 0.717) is 44.8 Å². The predicted octanol–water partition coefficient (Wildman–Crippen LogP) is 9.41. The van der Waals surface area contributed by atoms with Crippen molar-refractivity contribution in [2.75, 3.05) is 23.5 Å². The summed E-state index contributed by atoms with van der Waals surface area (Å²) >= 11 is 19.1. The molecule has 0 amide bonds. The molecule has 6 rings (SSSR count). The van der Waals surface area contributed by atoms with Gasteiger partial charge in [0.15, 0.2) is 17.6 Å². The molecular weight excluding hydrogens is 670 g/mol. The van der Waals surface area contributed by atoms with E-state index in [0.717, 1.165) is 29.3 Å². The molecule has 0 radical (unpaired) electrons. The molecule has 0 spiro atoms. The molecule has 1 aliphatic rings. The first-order valence-corrected chi connectivity index (χ1v) is 16.5. The third kappa shape index (κ3) is 6.59. The van der Waals surface area contributed by atoms with Crippen LogP contribution in [0.15, 0.2) is 109 Å². The Bertz CT molecular complexity index is 2090. The summed E-state index contributed by atoms with van der Waals surface area (Å²) < 4.78 is 23.6. The van der Waals surface area contributed by atoms with Gasteiger partial charge in [0.1, 0.15) is 17.4 Å². The Labute approximate surface area is 294 Å².